The van der Waals surface area contributed by atoms with Crippen LogP contribution in [0.1, 0.15) is 54.8 Å². The maximum atomic E-state index is 11.7. The summed E-state index contributed by atoms with van der Waals surface area (Å²) in [4.78, 5) is 19.0. The molecule has 0 radical (unpaired) electrons. The number of carbonyl (C=O) groups is 1. The molecule has 2 aliphatic rings. The van der Waals surface area contributed by atoms with E-state index in [0.29, 0.717) is 0 Å². The molecule has 2 N–H and O–H groups in total. The van der Waals surface area contributed by atoms with Crippen molar-refractivity contribution in [2.24, 2.45) is 0 Å². The Hall–Kier alpha value is -2.44. The van der Waals surface area contributed by atoms with Crippen LogP contribution in [0.25, 0.3) is 0 Å². The first kappa shape index (κ1) is 22.7. The second kappa shape index (κ2) is 11.4. The Balaban J connectivity index is 1.18. The van der Waals surface area contributed by atoms with Gasteiger partial charge in [-0.1, -0.05) is 36.4 Å². The molecule has 6 nitrogen and oxygen atoms in total. The van der Waals surface area contributed by atoms with Crippen molar-refractivity contribution in [2.45, 2.75) is 57.0 Å². The van der Waals surface area contributed by atoms with E-state index in [1.165, 1.54) is 17.7 Å². The average molecular weight is 438 g/mol. The van der Waals surface area contributed by atoms with Gasteiger partial charge in [-0.2, -0.15) is 0 Å². The molecular weight excluding hydrogens is 402 g/mol. The second-order valence-corrected chi connectivity index (χ2v) is 9.00. The third-order valence-electron chi connectivity index (χ3n) is 6.57. The van der Waals surface area contributed by atoms with Crippen LogP contribution in [0.2, 0.25) is 0 Å². The van der Waals surface area contributed by atoms with E-state index in [0.717, 1.165) is 76.1 Å². The minimum atomic E-state index is -0.824. The lowest BCUT2D eigenvalue weighted by atomic mass is 10.00. The first-order valence-corrected chi connectivity index (χ1v) is 12.0. The number of fused-ring (bicyclic) bond motifs is 1. The number of nitrogens with one attached hydrogen (secondary N) is 1. The van der Waals surface area contributed by atoms with Crippen LogP contribution in [0.5, 0.6) is 0 Å². The number of pyridine rings is 1. The number of likely N-dealkylation sites (tertiary alicyclic amines) is 1. The number of aliphatic carboxylic acids is 1. The molecule has 0 bridgehead atoms. The number of aromatic nitrogens is 1. The minimum Gasteiger partial charge on any atom is -0.481 e. The first-order valence-electron chi connectivity index (χ1n) is 12.0. The molecule has 4 rings (SSSR count). The van der Waals surface area contributed by atoms with Crippen molar-refractivity contribution in [3.8, 4) is 0 Å². The van der Waals surface area contributed by atoms with Crippen molar-refractivity contribution >= 4 is 11.8 Å². The zero-order valence-corrected chi connectivity index (χ0v) is 18.8. The molecule has 0 unspecified atom stereocenters. The van der Waals surface area contributed by atoms with Crippen molar-refractivity contribution in [3.63, 3.8) is 0 Å². The molecule has 0 aliphatic carbocycles. The van der Waals surface area contributed by atoms with Gasteiger partial charge in [-0.25, -0.2) is 4.98 Å². The summed E-state index contributed by atoms with van der Waals surface area (Å²) in [5.74, 6) is -0.347. The second-order valence-electron chi connectivity index (χ2n) is 9.00. The summed E-state index contributed by atoms with van der Waals surface area (Å²) in [5, 5.41) is 13.0. The maximum absolute atomic E-state index is 11.7. The highest BCUT2D eigenvalue weighted by Crippen LogP contribution is 2.22. The number of carboxylic acid groups (broad SMARTS) is 1. The summed E-state index contributed by atoms with van der Waals surface area (Å²) >= 11 is 0. The van der Waals surface area contributed by atoms with E-state index in [4.69, 9.17) is 9.72 Å². The Kier molecular flexibility index (Phi) is 8.13. The fraction of sp³-hybridized carbons (Fsp3) is 0.538. The fourth-order valence-corrected chi connectivity index (χ4v) is 4.73. The molecule has 1 aromatic carbocycles. The zero-order valence-electron chi connectivity index (χ0n) is 18.8. The van der Waals surface area contributed by atoms with E-state index in [1.54, 1.807) is 0 Å². The maximum Gasteiger partial charge on any atom is 0.313 e. The van der Waals surface area contributed by atoms with Crippen molar-refractivity contribution < 1.29 is 14.6 Å². The van der Waals surface area contributed by atoms with Crippen LogP contribution in [-0.4, -0.2) is 59.8 Å². The Morgan fingerprint density at radius 1 is 1.19 bits per heavy atom. The largest absolute Gasteiger partial charge is 0.481 e. The van der Waals surface area contributed by atoms with Crippen LogP contribution in [0.3, 0.4) is 0 Å². The fourth-order valence-electron chi connectivity index (χ4n) is 4.73. The summed E-state index contributed by atoms with van der Waals surface area (Å²) in [6.07, 6.45) is 7.83. The van der Waals surface area contributed by atoms with Gasteiger partial charge in [0.1, 0.15) is 11.7 Å². The predicted molar refractivity (Wildman–Crippen MR) is 126 cm³/mol. The van der Waals surface area contributed by atoms with Gasteiger partial charge in [-0.15, -0.1) is 0 Å². The summed E-state index contributed by atoms with van der Waals surface area (Å²) in [7, 11) is 0. The monoisotopic (exact) mass is 437 g/mol. The highest BCUT2D eigenvalue weighted by atomic mass is 16.5. The minimum absolute atomic E-state index is 0.114. The highest BCUT2D eigenvalue weighted by Gasteiger charge is 2.25. The van der Waals surface area contributed by atoms with Gasteiger partial charge in [0.25, 0.3) is 0 Å². The Morgan fingerprint density at radius 2 is 2.06 bits per heavy atom. The number of aryl methyl sites for hydroxylation is 2. The van der Waals surface area contributed by atoms with Gasteiger partial charge in [-0.05, 0) is 75.2 Å². The Labute approximate surface area is 191 Å². The molecule has 1 saturated heterocycles. The summed E-state index contributed by atoms with van der Waals surface area (Å²) in [5.41, 5.74) is 3.33. The van der Waals surface area contributed by atoms with Crippen LogP contribution in [-0.2, 0) is 22.4 Å². The lowest BCUT2D eigenvalue weighted by Crippen LogP contribution is -2.40. The molecule has 1 fully saturated rings. The van der Waals surface area contributed by atoms with Gasteiger partial charge in [-0.3, -0.25) is 4.79 Å². The highest BCUT2D eigenvalue weighted by molar-refractivity contribution is 5.76. The van der Waals surface area contributed by atoms with Crippen LogP contribution in [0.15, 0.2) is 42.5 Å². The Morgan fingerprint density at radius 3 is 2.91 bits per heavy atom. The number of anilines is 1. The quantitative estimate of drug-likeness (QED) is 0.545. The van der Waals surface area contributed by atoms with E-state index >= 15 is 0 Å². The SMILES string of the molecule is O=C(O)[C@H](CO[C@@H]1CCCN(CCCCc2ccc3c(n2)NCCC3)C1)c1ccccc1. The summed E-state index contributed by atoms with van der Waals surface area (Å²) < 4.78 is 6.08. The van der Waals surface area contributed by atoms with Crippen LogP contribution >= 0.6 is 0 Å². The third kappa shape index (κ3) is 6.30. The normalized spacial score (nSPS) is 19.7. The molecular formula is C26H35N3O3. The van der Waals surface area contributed by atoms with E-state index in [1.807, 2.05) is 30.3 Å². The van der Waals surface area contributed by atoms with Crippen LogP contribution in [0, 0.1) is 0 Å². The number of hydrogen-bond donors (Lipinski definition) is 2. The lowest BCUT2D eigenvalue weighted by Gasteiger charge is -2.33. The molecule has 3 heterocycles. The number of rotatable bonds is 10. The zero-order chi connectivity index (χ0) is 22.2. The van der Waals surface area contributed by atoms with Crippen molar-refractivity contribution in [1.29, 1.82) is 0 Å². The van der Waals surface area contributed by atoms with Gasteiger partial charge in [0.2, 0.25) is 0 Å². The van der Waals surface area contributed by atoms with E-state index in [9.17, 15) is 9.90 Å². The molecule has 0 spiro atoms. The first-order chi connectivity index (χ1) is 15.7. The lowest BCUT2D eigenvalue weighted by molar-refractivity contribution is -0.141. The molecule has 172 valence electrons. The van der Waals surface area contributed by atoms with Crippen molar-refractivity contribution in [3.05, 3.63) is 59.3 Å². The molecule has 0 amide bonds. The van der Waals surface area contributed by atoms with E-state index in [2.05, 4.69) is 22.3 Å². The summed E-state index contributed by atoms with van der Waals surface area (Å²) in [6, 6.07) is 13.8. The van der Waals surface area contributed by atoms with E-state index < -0.39 is 11.9 Å². The van der Waals surface area contributed by atoms with Gasteiger partial charge >= 0.3 is 5.97 Å². The molecule has 2 aromatic rings. The number of nitrogens with zero attached hydrogens (tertiary/aromatic N) is 2. The van der Waals surface area contributed by atoms with Crippen LogP contribution in [0.4, 0.5) is 5.82 Å². The summed E-state index contributed by atoms with van der Waals surface area (Å²) in [6.45, 7) is 4.31. The van der Waals surface area contributed by atoms with Crippen molar-refractivity contribution in [1.82, 2.24) is 9.88 Å². The topological polar surface area (TPSA) is 74.7 Å². The standard InChI is InChI=1S/C26H35N3O3/c30-26(31)24(20-8-2-1-3-9-20)19-32-23-12-7-17-29(18-23)16-5-4-11-22-14-13-21-10-6-15-27-25(21)28-22/h1-3,8-9,13-14,23-24H,4-7,10-12,15-19H2,(H,27,28)(H,30,31)/t23-,24-/m1/s1. The van der Waals surface area contributed by atoms with Gasteiger partial charge in [0.05, 0.1) is 12.7 Å². The number of benzene rings is 1. The van der Waals surface area contributed by atoms with Gasteiger partial charge in [0.15, 0.2) is 0 Å². The molecule has 1 aromatic heterocycles. The molecule has 2 atom stereocenters. The molecule has 32 heavy (non-hydrogen) atoms. The van der Waals surface area contributed by atoms with E-state index in [-0.39, 0.29) is 12.7 Å². The smallest absolute Gasteiger partial charge is 0.313 e. The van der Waals surface area contributed by atoms with Gasteiger partial charge in [0, 0.05) is 18.8 Å². The Bertz CT molecular complexity index is 874. The van der Waals surface area contributed by atoms with Crippen molar-refractivity contribution in [2.75, 3.05) is 38.1 Å². The number of piperidine rings is 1. The number of ether oxygens (including phenoxy) is 1. The third-order valence-corrected chi connectivity index (χ3v) is 6.57. The number of unbranched alkanes of at least 4 members (excludes halogenated alkanes) is 1. The number of carboxylic acids is 1. The molecule has 0 saturated carbocycles. The number of hydrogen-bond acceptors (Lipinski definition) is 5. The average Bonchev–Trinajstić information content (AvgIpc) is 2.83. The predicted octanol–water partition coefficient (Wildman–Crippen LogP) is 4.11. The molecule has 6 heteroatoms. The van der Waals surface area contributed by atoms with Gasteiger partial charge < -0.3 is 20.1 Å². The van der Waals surface area contributed by atoms with Crippen LogP contribution < -0.4 is 5.32 Å². The molecule has 2 aliphatic heterocycles.